The van der Waals surface area contributed by atoms with Crippen molar-refractivity contribution in [3.05, 3.63) is 68.3 Å². The first-order chi connectivity index (χ1) is 9.88. The van der Waals surface area contributed by atoms with Gasteiger partial charge in [0.15, 0.2) is 0 Å². The predicted molar refractivity (Wildman–Crippen MR) is 85.8 cm³/mol. The summed E-state index contributed by atoms with van der Waals surface area (Å²) in [5.74, 6) is 0. The van der Waals surface area contributed by atoms with Crippen LogP contribution in [-0.2, 0) is 6.54 Å². The van der Waals surface area contributed by atoms with E-state index in [1.807, 2.05) is 6.92 Å². The summed E-state index contributed by atoms with van der Waals surface area (Å²) in [4.78, 5) is 10.4. The minimum absolute atomic E-state index is 0.126. The second-order valence-electron chi connectivity index (χ2n) is 5.49. The van der Waals surface area contributed by atoms with Gasteiger partial charge in [-0.2, -0.15) is 0 Å². The molecule has 4 heteroatoms. The average molecular weight is 284 g/mol. The van der Waals surface area contributed by atoms with E-state index in [-0.39, 0.29) is 10.6 Å². The van der Waals surface area contributed by atoms with Crippen LogP contribution >= 0.6 is 0 Å². The molecule has 0 bridgehead atoms. The third-order valence-electron chi connectivity index (χ3n) is 3.72. The number of benzene rings is 2. The van der Waals surface area contributed by atoms with Crippen LogP contribution in [-0.4, -0.2) is 4.92 Å². The van der Waals surface area contributed by atoms with Gasteiger partial charge in [-0.25, -0.2) is 0 Å². The Bertz CT molecular complexity index is 670. The minimum atomic E-state index is -0.370. The Kier molecular flexibility index (Phi) is 4.26. The lowest BCUT2D eigenvalue weighted by molar-refractivity contribution is -0.384. The van der Waals surface area contributed by atoms with Crippen LogP contribution in [0, 0.1) is 37.8 Å². The van der Waals surface area contributed by atoms with Crippen molar-refractivity contribution in [3.63, 3.8) is 0 Å². The highest BCUT2D eigenvalue weighted by Crippen LogP contribution is 2.23. The normalized spacial score (nSPS) is 10.5. The largest absolute Gasteiger partial charge is 0.381 e. The van der Waals surface area contributed by atoms with Crippen molar-refractivity contribution in [2.45, 2.75) is 34.2 Å². The first-order valence-electron chi connectivity index (χ1n) is 6.94. The van der Waals surface area contributed by atoms with Crippen LogP contribution in [0.5, 0.6) is 0 Å². The highest BCUT2D eigenvalue weighted by atomic mass is 16.6. The van der Waals surface area contributed by atoms with E-state index >= 15 is 0 Å². The smallest absolute Gasteiger partial charge is 0.269 e. The van der Waals surface area contributed by atoms with E-state index in [1.54, 1.807) is 12.1 Å². The zero-order valence-electron chi connectivity index (χ0n) is 12.9. The molecule has 0 saturated carbocycles. The van der Waals surface area contributed by atoms with E-state index < -0.39 is 0 Å². The van der Waals surface area contributed by atoms with Gasteiger partial charge in [0, 0.05) is 24.4 Å². The zero-order valence-corrected chi connectivity index (χ0v) is 12.9. The molecule has 2 aromatic carbocycles. The molecule has 4 nitrogen and oxygen atoms in total. The number of nitro groups is 1. The Morgan fingerprint density at radius 1 is 1.00 bits per heavy atom. The van der Waals surface area contributed by atoms with Gasteiger partial charge >= 0.3 is 0 Å². The van der Waals surface area contributed by atoms with Gasteiger partial charge in [-0.3, -0.25) is 10.1 Å². The van der Waals surface area contributed by atoms with Gasteiger partial charge in [0.2, 0.25) is 0 Å². The molecular weight excluding hydrogens is 264 g/mol. The number of nitrogens with zero attached hydrogens (tertiary/aromatic N) is 1. The fourth-order valence-corrected chi connectivity index (χ4v) is 2.63. The predicted octanol–water partition coefficient (Wildman–Crippen LogP) is 4.44. The lowest BCUT2D eigenvalue weighted by atomic mass is 9.99. The van der Waals surface area contributed by atoms with Crippen LogP contribution < -0.4 is 5.32 Å². The Hall–Kier alpha value is -2.36. The second-order valence-corrected chi connectivity index (χ2v) is 5.49. The van der Waals surface area contributed by atoms with Crippen molar-refractivity contribution in [1.29, 1.82) is 0 Å². The SMILES string of the molecule is Cc1cc(C)c(CNc2ccc([N+](=O)[O-])cc2C)c(C)c1. The standard InChI is InChI=1S/C17H20N2O2/c1-11-7-12(2)16(13(3)8-11)10-18-17-6-5-15(19(20)21)9-14(17)4/h5-9,18H,10H2,1-4H3. The van der Waals surface area contributed by atoms with E-state index in [0.717, 1.165) is 17.8 Å². The van der Waals surface area contributed by atoms with Crippen LogP contribution in [0.25, 0.3) is 0 Å². The Morgan fingerprint density at radius 2 is 1.62 bits per heavy atom. The van der Waals surface area contributed by atoms with Crippen LogP contribution in [0.1, 0.15) is 27.8 Å². The molecule has 0 radical (unpaired) electrons. The quantitative estimate of drug-likeness (QED) is 0.667. The molecule has 110 valence electrons. The molecule has 0 aromatic heterocycles. The second kappa shape index (κ2) is 5.95. The summed E-state index contributed by atoms with van der Waals surface area (Å²) < 4.78 is 0. The van der Waals surface area contributed by atoms with Crippen molar-refractivity contribution < 1.29 is 4.92 Å². The molecule has 0 aliphatic rings. The highest BCUT2D eigenvalue weighted by molar-refractivity contribution is 5.56. The first kappa shape index (κ1) is 15.0. The summed E-state index contributed by atoms with van der Waals surface area (Å²) in [5.41, 5.74) is 7.00. The van der Waals surface area contributed by atoms with Crippen molar-refractivity contribution in [2.75, 3.05) is 5.32 Å². The Balaban J connectivity index is 2.19. The number of rotatable bonds is 4. The van der Waals surface area contributed by atoms with Gasteiger partial charge in [0.05, 0.1) is 4.92 Å². The molecule has 0 atom stereocenters. The fraction of sp³-hybridized carbons (Fsp3) is 0.294. The number of hydrogen-bond donors (Lipinski definition) is 1. The summed E-state index contributed by atoms with van der Waals surface area (Å²) >= 11 is 0. The van der Waals surface area contributed by atoms with E-state index in [9.17, 15) is 10.1 Å². The fourth-order valence-electron chi connectivity index (χ4n) is 2.63. The number of hydrogen-bond acceptors (Lipinski definition) is 3. The molecule has 2 aromatic rings. The first-order valence-corrected chi connectivity index (χ1v) is 6.94. The maximum absolute atomic E-state index is 10.8. The molecule has 21 heavy (non-hydrogen) atoms. The molecule has 0 aliphatic heterocycles. The monoisotopic (exact) mass is 284 g/mol. The number of nitro benzene ring substituents is 1. The van der Waals surface area contributed by atoms with E-state index in [4.69, 9.17) is 0 Å². The van der Waals surface area contributed by atoms with Crippen molar-refractivity contribution >= 4 is 11.4 Å². The molecular formula is C17H20N2O2. The molecule has 0 spiro atoms. The average Bonchev–Trinajstić information content (AvgIpc) is 2.38. The number of anilines is 1. The summed E-state index contributed by atoms with van der Waals surface area (Å²) in [6.45, 7) is 8.91. The lowest BCUT2D eigenvalue weighted by Crippen LogP contribution is -2.05. The zero-order chi connectivity index (χ0) is 15.6. The number of non-ortho nitro benzene ring substituents is 1. The summed E-state index contributed by atoms with van der Waals surface area (Å²) in [7, 11) is 0. The topological polar surface area (TPSA) is 55.2 Å². The molecule has 0 fully saturated rings. The molecule has 0 aliphatic carbocycles. The molecule has 0 heterocycles. The van der Waals surface area contributed by atoms with Gasteiger partial charge < -0.3 is 5.32 Å². The van der Waals surface area contributed by atoms with Crippen LogP contribution in [0.4, 0.5) is 11.4 Å². The van der Waals surface area contributed by atoms with Gasteiger partial charge in [0.25, 0.3) is 5.69 Å². The van der Waals surface area contributed by atoms with Crippen LogP contribution in [0.15, 0.2) is 30.3 Å². The third kappa shape index (κ3) is 3.40. The van der Waals surface area contributed by atoms with E-state index in [0.29, 0.717) is 0 Å². The Labute approximate surface area is 125 Å². The van der Waals surface area contributed by atoms with Crippen molar-refractivity contribution in [3.8, 4) is 0 Å². The highest BCUT2D eigenvalue weighted by Gasteiger charge is 2.09. The van der Waals surface area contributed by atoms with E-state index in [2.05, 4.69) is 38.2 Å². The number of nitrogens with one attached hydrogen (secondary N) is 1. The van der Waals surface area contributed by atoms with Crippen LogP contribution in [0.2, 0.25) is 0 Å². The van der Waals surface area contributed by atoms with E-state index in [1.165, 1.54) is 28.3 Å². The van der Waals surface area contributed by atoms with Gasteiger partial charge in [-0.15, -0.1) is 0 Å². The number of aryl methyl sites for hydroxylation is 4. The van der Waals surface area contributed by atoms with Gasteiger partial charge in [-0.1, -0.05) is 17.7 Å². The summed E-state index contributed by atoms with van der Waals surface area (Å²) in [6, 6.07) is 9.24. The molecule has 2 rings (SSSR count). The van der Waals surface area contributed by atoms with Crippen LogP contribution in [0.3, 0.4) is 0 Å². The summed E-state index contributed by atoms with van der Waals surface area (Å²) in [5, 5.41) is 14.1. The maximum Gasteiger partial charge on any atom is 0.269 e. The Morgan fingerprint density at radius 3 is 2.14 bits per heavy atom. The van der Waals surface area contributed by atoms with Crippen molar-refractivity contribution in [1.82, 2.24) is 0 Å². The molecule has 0 saturated heterocycles. The lowest BCUT2D eigenvalue weighted by Gasteiger charge is -2.14. The summed E-state index contributed by atoms with van der Waals surface area (Å²) in [6.07, 6.45) is 0. The molecule has 0 amide bonds. The third-order valence-corrected chi connectivity index (χ3v) is 3.72. The minimum Gasteiger partial charge on any atom is -0.381 e. The van der Waals surface area contributed by atoms with Gasteiger partial charge in [-0.05, 0) is 56.0 Å². The molecule has 1 N–H and O–H groups in total. The van der Waals surface area contributed by atoms with Gasteiger partial charge in [0.1, 0.15) is 0 Å². The van der Waals surface area contributed by atoms with Crippen molar-refractivity contribution in [2.24, 2.45) is 0 Å². The molecule has 0 unspecified atom stereocenters. The maximum atomic E-state index is 10.8.